The number of hydrogen-bond donors (Lipinski definition) is 2. The average Bonchev–Trinajstić information content (AvgIpc) is 3.39. The lowest BCUT2D eigenvalue weighted by Crippen LogP contribution is -2.55. The van der Waals surface area contributed by atoms with Crippen LogP contribution in [0.3, 0.4) is 0 Å². The molecule has 1 heterocycles. The molecule has 1 aromatic heterocycles. The number of nitrogens with one attached hydrogen (secondary N) is 2. The quantitative estimate of drug-likeness (QED) is 0.244. The molecule has 47 heavy (non-hydrogen) atoms. The fourth-order valence-electron chi connectivity index (χ4n) is 10.4. The first-order chi connectivity index (χ1) is 22.5. The summed E-state index contributed by atoms with van der Waals surface area (Å²) >= 11 is 0. The number of nitrogens with zero attached hydrogens (tertiary/aromatic N) is 1. The summed E-state index contributed by atoms with van der Waals surface area (Å²) in [5.41, 5.74) is 1.20. The lowest BCUT2D eigenvalue weighted by molar-refractivity contribution is -0.169. The highest BCUT2D eigenvalue weighted by atomic mass is 19.3. The Morgan fingerprint density at radius 2 is 1.77 bits per heavy atom. The van der Waals surface area contributed by atoms with E-state index >= 15 is 0 Å². The van der Waals surface area contributed by atoms with E-state index in [9.17, 15) is 22.8 Å². The maximum absolute atomic E-state index is 14.7. The minimum Gasteiger partial charge on any atom is -0.378 e. The second-order valence-corrected chi connectivity index (χ2v) is 15.3. The van der Waals surface area contributed by atoms with Crippen LogP contribution in [0.4, 0.5) is 13.2 Å². The Morgan fingerprint density at radius 1 is 0.979 bits per heavy atom. The Bertz CT molecular complexity index is 1710. The zero-order valence-electron chi connectivity index (χ0n) is 27.4. The summed E-state index contributed by atoms with van der Waals surface area (Å²) in [5, 5.41) is 10.8. The molecule has 0 spiro atoms. The van der Waals surface area contributed by atoms with Crippen LogP contribution in [0.2, 0.25) is 0 Å². The number of carbonyl (C=O) groups excluding carboxylic acids is 1. The van der Waals surface area contributed by atoms with E-state index in [4.69, 9.17) is 4.74 Å². The molecule has 252 valence electrons. The first kappa shape index (κ1) is 32.4. The fourth-order valence-corrected chi connectivity index (χ4v) is 10.4. The maximum Gasteiger partial charge on any atom is 0.272 e. The van der Waals surface area contributed by atoms with Gasteiger partial charge in [-0.15, -0.1) is 0 Å². The number of rotatable bonds is 8. The van der Waals surface area contributed by atoms with Crippen molar-refractivity contribution >= 4 is 16.7 Å². The highest BCUT2D eigenvalue weighted by Gasteiger charge is 2.62. The van der Waals surface area contributed by atoms with Crippen molar-refractivity contribution in [1.29, 1.82) is 0 Å². The molecule has 3 aromatic rings. The molecule has 0 unspecified atom stereocenters. The predicted molar refractivity (Wildman–Crippen MR) is 175 cm³/mol. The summed E-state index contributed by atoms with van der Waals surface area (Å²) in [4.78, 5) is 25.1. The Morgan fingerprint density at radius 3 is 2.60 bits per heavy atom. The Balaban J connectivity index is 0.917. The van der Waals surface area contributed by atoms with E-state index in [1.165, 1.54) is 6.07 Å². The molecule has 2 aromatic carbocycles. The van der Waals surface area contributed by atoms with Gasteiger partial charge in [0.05, 0.1) is 22.7 Å². The van der Waals surface area contributed by atoms with Crippen LogP contribution in [0.25, 0.3) is 10.8 Å². The number of benzene rings is 2. The molecule has 0 saturated heterocycles. The van der Waals surface area contributed by atoms with Gasteiger partial charge in [-0.25, -0.2) is 18.3 Å². The normalized spacial score (nSPS) is 32.7. The van der Waals surface area contributed by atoms with Gasteiger partial charge in [-0.1, -0.05) is 38.1 Å². The van der Waals surface area contributed by atoms with Crippen molar-refractivity contribution in [3.63, 3.8) is 0 Å². The van der Waals surface area contributed by atoms with E-state index in [1.54, 1.807) is 24.3 Å². The minimum absolute atomic E-state index is 0.0230. The van der Waals surface area contributed by atoms with E-state index in [2.05, 4.69) is 29.4 Å². The van der Waals surface area contributed by atoms with Crippen LogP contribution < -0.4 is 10.9 Å². The molecule has 7 rings (SSSR count). The van der Waals surface area contributed by atoms with Crippen LogP contribution in [0.1, 0.15) is 99.7 Å². The van der Waals surface area contributed by atoms with E-state index in [0.29, 0.717) is 66.8 Å². The molecule has 4 saturated carbocycles. The molecule has 9 heteroatoms. The first-order valence-corrected chi connectivity index (χ1v) is 17.5. The fraction of sp³-hybridized carbons (Fsp3) is 0.605. The molecule has 4 fully saturated rings. The van der Waals surface area contributed by atoms with Gasteiger partial charge >= 0.3 is 0 Å². The number of fused-ring (bicyclic) bond motifs is 6. The second kappa shape index (κ2) is 12.4. The van der Waals surface area contributed by atoms with Gasteiger partial charge in [0.2, 0.25) is 5.92 Å². The van der Waals surface area contributed by atoms with Crippen LogP contribution >= 0.6 is 0 Å². The SMILES string of the molecule is C[C@]12CCC(F)(F)C[C@@H]1CC[C@@H]1[C@@H]2CC[C@]2(C)[C@@H](OCCCNC(=O)c3cc(Cc4n[nH]c(=O)c5ccccc45)ccc3F)CC[C@@H]12. The number of H-pyrrole nitrogens is 1. The summed E-state index contributed by atoms with van der Waals surface area (Å²) in [6, 6.07) is 11.7. The summed E-state index contributed by atoms with van der Waals surface area (Å²) < 4.78 is 49.8. The zero-order chi connectivity index (χ0) is 33.0. The minimum atomic E-state index is -2.50. The average molecular weight is 650 g/mol. The monoisotopic (exact) mass is 649 g/mol. The van der Waals surface area contributed by atoms with Gasteiger partial charge in [0.15, 0.2) is 0 Å². The van der Waals surface area contributed by atoms with E-state index < -0.39 is 17.6 Å². The standard InChI is InChI=1S/C38H46F3N3O3/c1-36-16-17-38(40,41)22-24(36)9-10-27-29-11-13-33(37(29,2)15-14-30(27)36)47-19-5-18-42-34(45)28-20-23(8-12-31(28)39)21-32-25-6-3-4-7-26(25)35(46)44-43-32/h3-4,6-8,12,20,24,27,29-30,33H,5,9-11,13-19,21-22H2,1-2H3,(H,42,45)(H,44,46)/t24-,27-,29-,30-,33-,36-,37-/m0/s1. The lowest BCUT2D eigenvalue weighted by atomic mass is 9.45. The summed E-state index contributed by atoms with van der Waals surface area (Å²) in [6.07, 6.45) is 8.22. The summed E-state index contributed by atoms with van der Waals surface area (Å²) in [6.45, 7) is 5.59. The molecule has 1 amide bonds. The molecule has 2 N–H and O–H groups in total. The number of aromatic nitrogens is 2. The highest BCUT2D eigenvalue weighted by Crippen LogP contribution is 2.67. The Hall–Kier alpha value is -3.20. The van der Waals surface area contributed by atoms with Gasteiger partial charge in [-0.05, 0) is 110 Å². The summed E-state index contributed by atoms with van der Waals surface area (Å²) in [7, 11) is 0. The van der Waals surface area contributed by atoms with Crippen LogP contribution in [0, 0.1) is 40.3 Å². The van der Waals surface area contributed by atoms with Gasteiger partial charge in [-0.2, -0.15) is 5.10 Å². The van der Waals surface area contributed by atoms with Gasteiger partial charge < -0.3 is 10.1 Å². The third kappa shape index (κ3) is 5.91. The maximum atomic E-state index is 14.7. The first-order valence-electron chi connectivity index (χ1n) is 17.5. The van der Waals surface area contributed by atoms with Crippen LogP contribution in [-0.4, -0.2) is 41.3 Å². The van der Waals surface area contributed by atoms with Gasteiger partial charge in [-0.3, -0.25) is 9.59 Å². The van der Waals surface area contributed by atoms with Crippen molar-refractivity contribution in [3.8, 4) is 0 Å². The Kier molecular flexibility index (Phi) is 8.50. The topological polar surface area (TPSA) is 84.1 Å². The number of amides is 1. The molecule has 4 aliphatic carbocycles. The number of halogens is 3. The molecule has 4 aliphatic rings. The number of hydrogen-bond acceptors (Lipinski definition) is 4. The number of aromatic amines is 1. The van der Waals surface area contributed by atoms with Crippen molar-refractivity contribution in [1.82, 2.24) is 15.5 Å². The molecular formula is C38H46F3N3O3. The second-order valence-electron chi connectivity index (χ2n) is 15.3. The predicted octanol–water partition coefficient (Wildman–Crippen LogP) is 7.84. The lowest BCUT2D eigenvalue weighted by Gasteiger charge is -2.61. The van der Waals surface area contributed by atoms with E-state index in [1.807, 2.05) is 12.1 Å². The van der Waals surface area contributed by atoms with Gasteiger partial charge in [0.25, 0.3) is 11.5 Å². The number of carbonyl (C=O) groups is 1. The number of ether oxygens (including phenoxy) is 1. The van der Waals surface area contributed by atoms with Crippen molar-refractivity contribution in [2.45, 2.75) is 96.5 Å². The molecule has 6 nitrogen and oxygen atoms in total. The van der Waals surface area contributed by atoms with Gasteiger partial charge in [0.1, 0.15) is 5.82 Å². The van der Waals surface area contributed by atoms with Crippen molar-refractivity contribution in [2.24, 2.45) is 34.5 Å². The molecule has 7 atom stereocenters. The molecule has 0 aliphatic heterocycles. The van der Waals surface area contributed by atoms with E-state index in [-0.39, 0.29) is 46.8 Å². The van der Waals surface area contributed by atoms with Crippen molar-refractivity contribution in [2.75, 3.05) is 13.2 Å². The van der Waals surface area contributed by atoms with Crippen molar-refractivity contribution in [3.05, 3.63) is 75.5 Å². The smallest absolute Gasteiger partial charge is 0.272 e. The third-order valence-corrected chi connectivity index (χ3v) is 12.9. The van der Waals surface area contributed by atoms with E-state index in [0.717, 1.165) is 43.9 Å². The third-order valence-electron chi connectivity index (χ3n) is 12.9. The Labute approximate surface area is 274 Å². The molecule has 0 bridgehead atoms. The largest absolute Gasteiger partial charge is 0.378 e. The van der Waals surface area contributed by atoms with Crippen LogP contribution in [0.5, 0.6) is 0 Å². The zero-order valence-corrected chi connectivity index (χ0v) is 27.4. The van der Waals surface area contributed by atoms with Crippen LogP contribution in [0.15, 0.2) is 47.3 Å². The number of alkyl halides is 2. The molecular weight excluding hydrogens is 603 g/mol. The summed E-state index contributed by atoms with van der Waals surface area (Å²) in [5.74, 6) is -1.71. The van der Waals surface area contributed by atoms with Crippen molar-refractivity contribution < 1.29 is 22.7 Å². The molecule has 0 radical (unpaired) electrons. The highest BCUT2D eigenvalue weighted by molar-refractivity contribution is 5.94. The van der Waals surface area contributed by atoms with Crippen LogP contribution in [-0.2, 0) is 11.2 Å². The van der Waals surface area contributed by atoms with Gasteiger partial charge in [0, 0.05) is 37.8 Å².